The summed E-state index contributed by atoms with van der Waals surface area (Å²) in [6, 6.07) is 9.48. The molecule has 0 aliphatic heterocycles. The lowest BCUT2D eigenvalue weighted by Gasteiger charge is -2.11. The van der Waals surface area contributed by atoms with Crippen LogP contribution in [0.15, 0.2) is 41.0 Å². The van der Waals surface area contributed by atoms with E-state index in [1.165, 1.54) is 0 Å². The van der Waals surface area contributed by atoms with E-state index in [-0.39, 0.29) is 0 Å². The highest BCUT2D eigenvalue weighted by molar-refractivity contribution is 9.10. The predicted molar refractivity (Wildman–Crippen MR) is 77.3 cm³/mol. The molecule has 0 radical (unpaired) electrons. The van der Waals surface area contributed by atoms with Gasteiger partial charge in [-0.3, -0.25) is 0 Å². The molecule has 0 fully saturated rings. The van der Waals surface area contributed by atoms with Crippen molar-refractivity contribution in [2.75, 3.05) is 12.4 Å². The monoisotopic (exact) mass is 326 g/mol. The Labute approximate surface area is 119 Å². The van der Waals surface area contributed by atoms with E-state index in [0.29, 0.717) is 17.4 Å². The average Bonchev–Trinajstić information content (AvgIpc) is 2.40. The summed E-state index contributed by atoms with van der Waals surface area (Å²) in [6.45, 7) is 0.642. The molecule has 1 N–H and O–H groups in total. The minimum Gasteiger partial charge on any atom is -0.480 e. The first-order chi connectivity index (χ1) is 8.70. The SMILES string of the molecule is COc1ncccc1NCc1cc(Cl)ccc1Br. The molecule has 0 bridgehead atoms. The standard InChI is InChI=1S/C13H12BrClN2O/c1-18-13-12(3-2-6-16-13)17-8-9-7-10(15)4-5-11(9)14/h2-7,17H,8H2,1H3. The molecule has 0 aliphatic carbocycles. The molecule has 0 saturated carbocycles. The van der Waals surface area contributed by atoms with Gasteiger partial charge in [0.05, 0.1) is 12.8 Å². The molecule has 0 unspecified atom stereocenters. The quantitative estimate of drug-likeness (QED) is 0.917. The van der Waals surface area contributed by atoms with Crippen LogP contribution in [0.4, 0.5) is 5.69 Å². The van der Waals surface area contributed by atoms with Gasteiger partial charge in [-0.15, -0.1) is 0 Å². The normalized spacial score (nSPS) is 10.2. The highest BCUT2D eigenvalue weighted by atomic mass is 79.9. The number of anilines is 1. The number of nitrogens with zero attached hydrogens (tertiary/aromatic N) is 1. The first-order valence-electron chi connectivity index (χ1n) is 5.37. The van der Waals surface area contributed by atoms with Gasteiger partial charge in [-0.05, 0) is 35.9 Å². The van der Waals surface area contributed by atoms with Crippen molar-refractivity contribution in [3.63, 3.8) is 0 Å². The fourth-order valence-electron chi connectivity index (χ4n) is 1.56. The lowest BCUT2D eigenvalue weighted by molar-refractivity contribution is 0.399. The smallest absolute Gasteiger partial charge is 0.237 e. The summed E-state index contributed by atoms with van der Waals surface area (Å²) in [5.74, 6) is 0.579. The number of hydrogen-bond acceptors (Lipinski definition) is 3. The maximum atomic E-state index is 5.97. The van der Waals surface area contributed by atoms with Crippen molar-refractivity contribution in [2.24, 2.45) is 0 Å². The van der Waals surface area contributed by atoms with Crippen LogP contribution < -0.4 is 10.1 Å². The first kappa shape index (κ1) is 13.2. The molecule has 0 atom stereocenters. The topological polar surface area (TPSA) is 34.1 Å². The summed E-state index contributed by atoms with van der Waals surface area (Å²) >= 11 is 9.47. The fraction of sp³-hybridized carbons (Fsp3) is 0.154. The molecule has 0 aliphatic rings. The minimum absolute atomic E-state index is 0.579. The van der Waals surface area contributed by atoms with E-state index in [1.54, 1.807) is 13.3 Å². The third-order valence-electron chi connectivity index (χ3n) is 2.44. The third kappa shape index (κ3) is 3.15. The molecule has 1 heterocycles. The van der Waals surface area contributed by atoms with E-state index in [2.05, 4.69) is 26.2 Å². The lowest BCUT2D eigenvalue weighted by Crippen LogP contribution is -2.02. The summed E-state index contributed by atoms with van der Waals surface area (Å²) in [5, 5.41) is 3.99. The summed E-state index contributed by atoms with van der Waals surface area (Å²) in [6.07, 6.45) is 1.69. The second-order valence-corrected chi connectivity index (χ2v) is 4.94. The van der Waals surface area contributed by atoms with E-state index in [0.717, 1.165) is 15.7 Å². The number of methoxy groups -OCH3 is 1. The molecule has 2 aromatic rings. The van der Waals surface area contributed by atoms with Crippen molar-refractivity contribution in [2.45, 2.75) is 6.54 Å². The predicted octanol–water partition coefficient (Wildman–Crippen LogP) is 4.12. The van der Waals surface area contributed by atoms with Gasteiger partial charge in [0, 0.05) is 22.2 Å². The van der Waals surface area contributed by atoms with Crippen molar-refractivity contribution in [1.29, 1.82) is 0 Å². The van der Waals surface area contributed by atoms with E-state index >= 15 is 0 Å². The van der Waals surface area contributed by atoms with Crippen molar-refractivity contribution in [3.8, 4) is 5.88 Å². The molecule has 1 aromatic carbocycles. The summed E-state index contributed by atoms with van der Waals surface area (Å²) in [7, 11) is 1.60. The van der Waals surface area contributed by atoms with Gasteiger partial charge in [0.25, 0.3) is 0 Å². The Kier molecular flexibility index (Phi) is 4.44. The Morgan fingerprint density at radius 2 is 2.22 bits per heavy atom. The van der Waals surface area contributed by atoms with Gasteiger partial charge in [0.15, 0.2) is 0 Å². The zero-order chi connectivity index (χ0) is 13.0. The van der Waals surface area contributed by atoms with E-state index in [1.807, 2.05) is 30.3 Å². The molecule has 1 aromatic heterocycles. The van der Waals surface area contributed by atoms with Gasteiger partial charge in [0.2, 0.25) is 5.88 Å². The number of ether oxygens (including phenoxy) is 1. The Bertz CT molecular complexity index is 548. The van der Waals surface area contributed by atoms with Crippen molar-refractivity contribution in [1.82, 2.24) is 4.98 Å². The van der Waals surface area contributed by atoms with Crippen LogP contribution in [-0.4, -0.2) is 12.1 Å². The number of nitrogens with one attached hydrogen (secondary N) is 1. The summed E-state index contributed by atoms with van der Waals surface area (Å²) in [4.78, 5) is 4.13. The second-order valence-electron chi connectivity index (χ2n) is 3.65. The molecule has 18 heavy (non-hydrogen) atoms. The Morgan fingerprint density at radius 3 is 3.00 bits per heavy atom. The summed E-state index contributed by atoms with van der Waals surface area (Å²) in [5.41, 5.74) is 1.93. The number of pyridine rings is 1. The maximum absolute atomic E-state index is 5.97. The average molecular weight is 328 g/mol. The fourth-order valence-corrected chi connectivity index (χ4v) is 2.14. The van der Waals surface area contributed by atoms with E-state index in [4.69, 9.17) is 16.3 Å². The van der Waals surface area contributed by atoms with Crippen LogP contribution in [0, 0.1) is 0 Å². The van der Waals surface area contributed by atoms with Gasteiger partial charge < -0.3 is 10.1 Å². The molecule has 0 saturated heterocycles. The number of benzene rings is 1. The van der Waals surface area contributed by atoms with Crippen LogP contribution in [-0.2, 0) is 6.54 Å². The molecule has 0 amide bonds. The van der Waals surface area contributed by atoms with Crippen LogP contribution in [0.25, 0.3) is 0 Å². The second kappa shape index (κ2) is 6.07. The van der Waals surface area contributed by atoms with Gasteiger partial charge in [-0.25, -0.2) is 4.98 Å². The van der Waals surface area contributed by atoms with Crippen LogP contribution >= 0.6 is 27.5 Å². The van der Waals surface area contributed by atoms with Crippen molar-refractivity contribution >= 4 is 33.2 Å². The van der Waals surface area contributed by atoms with Gasteiger partial charge in [0.1, 0.15) is 0 Å². The highest BCUT2D eigenvalue weighted by Crippen LogP contribution is 2.24. The molecular formula is C13H12BrClN2O. The Balaban J connectivity index is 2.14. The largest absolute Gasteiger partial charge is 0.480 e. The zero-order valence-corrected chi connectivity index (χ0v) is 12.1. The summed E-state index contributed by atoms with van der Waals surface area (Å²) < 4.78 is 6.19. The molecular weight excluding hydrogens is 316 g/mol. The lowest BCUT2D eigenvalue weighted by atomic mass is 10.2. The van der Waals surface area contributed by atoms with Gasteiger partial charge in [-0.2, -0.15) is 0 Å². The minimum atomic E-state index is 0.579. The number of rotatable bonds is 4. The van der Waals surface area contributed by atoms with Crippen LogP contribution in [0.3, 0.4) is 0 Å². The highest BCUT2D eigenvalue weighted by Gasteiger charge is 2.05. The number of aromatic nitrogens is 1. The number of hydrogen-bond donors (Lipinski definition) is 1. The van der Waals surface area contributed by atoms with E-state index in [9.17, 15) is 0 Å². The van der Waals surface area contributed by atoms with Crippen LogP contribution in [0.2, 0.25) is 5.02 Å². The van der Waals surface area contributed by atoms with Crippen LogP contribution in [0.1, 0.15) is 5.56 Å². The zero-order valence-electron chi connectivity index (χ0n) is 9.78. The molecule has 0 spiro atoms. The Hall–Kier alpha value is -1.26. The molecule has 5 heteroatoms. The van der Waals surface area contributed by atoms with E-state index < -0.39 is 0 Å². The van der Waals surface area contributed by atoms with Crippen molar-refractivity contribution in [3.05, 3.63) is 51.6 Å². The number of halogens is 2. The van der Waals surface area contributed by atoms with Crippen molar-refractivity contribution < 1.29 is 4.74 Å². The Morgan fingerprint density at radius 1 is 1.39 bits per heavy atom. The van der Waals surface area contributed by atoms with Gasteiger partial charge >= 0.3 is 0 Å². The molecule has 3 nitrogen and oxygen atoms in total. The first-order valence-corrected chi connectivity index (χ1v) is 6.54. The molecule has 2 rings (SSSR count). The maximum Gasteiger partial charge on any atom is 0.237 e. The third-order valence-corrected chi connectivity index (χ3v) is 3.45. The molecule has 94 valence electrons. The van der Waals surface area contributed by atoms with Crippen LogP contribution in [0.5, 0.6) is 5.88 Å². The van der Waals surface area contributed by atoms with Gasteiger partial charge in [-0.1, -0.05) is 27.5 Å².